The number of nitrogens with one attached hydrogen (secondary N) is 1. The van der Waals surface area contributed by atoms with Gasteiger partial charge in [0.05, 0.1) is 15.4 Å². The highest BCUT2D eigenvalue weighted by atomic mass is 79.9. The summed E-state index contributed by atoms with van der Waals surface area (Å²) in [4.78, 5) is 10.4. The van der Waals surface area contributed by atoms with E-state index in [2.05, 4.69) is 21.2 Å². The largest absolute Gasteiger partial charge is 0.508 e. The number of nitro benzene ring substituents is 1. The van der Waals surface area contributed by atoms with Crippen molar-refractivity contribution in [3.63, 3.8) is 0 Å². The number of nitrogens with zero attached hydrogens (tertiary/aromatic N) is 1. The normalized spacial score (nSPS) is 16.5. The van der Waals surface area contributed by atoms with E-state index >= 15 is 0 Å². The first-order chi connectivity index (χ1) is 10.1. The van der Waals surface area contributed by atoms with Crippen LogP contribution in [-0.2, 0) is 6.42 Å². The molecule has 0 radical (unpaired) electrons. The maximum absolute atomic E-state index is 10.8. The molecule has 1 aliphatic rings. The van der Waals surface area contributed by atoms with Crippen molar-refractivity contribution in [1.82, 2.24) is 0 Å². The zero-order chi connectivity index (χ0) is 15.0. The van der Waals surface area contributed by atoms with E-state index in [0.29, 0.717) is 10.2 Å². The molecule has 0 aromatic heterocycles. The Morgan fingerprint density at radius 2 is 2.14 bits per heavy atom. The molecule has 108 valence electrons. The quantitative estimate of drug-likeness (QED) is 0.644. The Morgan fingerprint density at radius 1 is 1.33 bits per heavy atom. The molecule has 1 aliphatic carbocycles. The summed E-state index contributed by atoms with van der Waals surface area (Å²) in [6.45, 7) is 0. The maximum atomic E-state index is 10.8. The Balaban J connectivity index is 1.85. The third-order valence-corrected chi connectivity index (χ3v) is 4.37. The standard InChI is InChI=1S/C15H13BrN2O3/c16-12-8-9(4-7-14(12)18(20)21)17-13-6-5-11-10(13)2-1-3-15(11)19/h1-4,7-8,13,17,19H,5-6H2. The number of halogens is 1. The number of hydrogen-bond acceptors (Lipinski definition) is 4. The molecule has 0 heterocycles. The highest BCUT2D eigenvalue weighted by Gasteiger charge is 2.24. The van der Waals surface area contributed by atoms with Crippen LogP contribution in [0.5, 0.6) is 5.75 Å². The van der Waals surface area contributed by atoms with E-state index in [9.17, 15) is 15.2 Å². The predicted octanol–water partition coefficient (Wildman–Crippen LogP) is 4.16. The van der Waals surface area contributed by atoms with Gasteiger partial charge in [0.15, 0.2) is 0 Å². The molecule has 1 unspecified atom stereocenters. The Bertz CT molecular complexity index is 718. The third kappa shape index (κ3) is 2.58. The highest BCUT2D eigenvalue weighted by Crippen LogP contribution is 2.39. The summed E-state index contributed by atoms with van der Waals surface area (Å²) in [6, 6.07) is 10.5. The minimum Gasteiger partial charge on any atom is -0.508 e. The number of phenolic OH excluding ortho intramolecular Hbond substituents is 1. The van der Waals surface area contributed by atoms with Gasteiger partial charge >= 0.3 is 0 Å². The molecule has 2 aromatic rings. The minimum atomic E-state index is -0.420. The first-order valence-corrected chi connectivity index (χ1v) is 7.37. The van der Waals surface area contributed by atoms with Crippen molar-refractivity contribution < 1.29 is 10.0 Å². The van der Waals surface area contributed by atoms with Crippen molar-refractivity contribution in [2.24, 2.45) is 0 Å². The lowest BCUT2D eigenvalue weighted by Crippen LogP contribution is -2.07. The van der Waals surface area contributed by atoms with Crippen LogP contribution in [-0.4, -0.2) is 10.0 Å². The fourth-order valence-electron chi connectivity index (χ4n) is 2.73. The number of benzene rings is 2. The number of aromatic hydroxyl groups is 1. The van der Waals surface area contributed by atoms with Gasteiger partial charge in [0.1, 0.15) is 5.75 Å². The zero-order valence-corrected chi connectivity index (χ0v) is 12.6. The van der Waals surface area contributed by atoms with E-state index in [1.54, 1.807) is 18.2 Å². The second-order valence-electron chi connectivity index (χ2n) is 5.00. The van der Waals surface area contributed by atoms with Crippen LogP contribution in [0.1, 0.15) is 23.6 Å². The average molecular weight is 349 g/mol. The van der Waals surface area contributed by atoms with E-state index in [1.165, 1.54) is 6.07 Å². The van der Waals surface area contributed by atoms with Crippen LogP contribution in [0.15, 0.2) is 40.9 Å². The summed E-state index contributed by atoms with van der Waals surface area (Å²) in [5.41, 5.74) is 2.93. The first-order valence-electron chi connectivity index (χ1n) is 6.57. The van der Waals surface area contributed by atoms with E-state index in [0.717, 1.165) is 29.7 Å². The SMILES string of the molecule is O=[N+]([O-])c1ccc(NC2CCc3c(O)cccc32)cc1Br. The van der Waals surface area contributed by atoms with Gasteiger partial charge in [-0.15, -0.1) is 0 Å². The van der Waals surface area contributed by atoms with Crippen LogP contribution in [0.25, 0.3) is 0 Å². The highest BCUT2D eigenvalue weighted by molar-refractivity contribution is 9.10. The molecule has 1 atom stereocenters. The van der Waals surface area contributed by atoms with E-state index in [-0.39, 0.29) is 11.7 Å². The second-order valence-corrected chi connectivity index (χ2v) is 5.86. The number of phenols is 1. The molecule has 0 fully saturated rings. The Morgan fingerprint density at radius 3 is 2.86 bits per heavy atom. The molecule has 6 heteroatoms. The van der Waals surface area contributed by atoms with Crippen molar-refractivity contribution >= 4 is 27.3 Å². The van der Waals surface area contributed by atoms with Crippen molar-refractivity contribution in [2.45, 2.75) is 18.9 Å². The minimum absolute atomic E-state index is 0.0463. The zero-order valence-electron chi connectivity index (χ0n) is 11.0. The Hall–Kier alpha value is -2.08. The molecule has 2 N–H and O–H groups in total. The third-order valence-electron chi connectivity index (χ3n) is 3.73. The van der Waals surface area contributed by atoms with E-state index in [4.69, 9.17) is 0 Å². The molecule has 0 saturated heterocycles. The van der Waals surface area contributed by atoms with E-state index in [1.807, 2.05) is 12.1 Å². The molecule has 2 aromatic carbocycles. The molecular formula is C15H13BrN2O3. The fraction of sp³-hybridized carbons (Fsp3) is 0.200. The van der Waals surface area contributed by atoms with Gasteiger partial charge in [-0.3, -0.25) is 10.1 Å². The van der Waals surface area contributed by atoms with Gasteiger partial charge < -0.3 is 10.4 Å². The smallest absolute Gasteiger partial charge is 0.283 e. The van der Waals surface area contributed by atoms with Gasteiger partial charge in [-0.1, -0.05) is 12.1 Å². The number of hydrogen-bond donors (Lipinski definition) is 2. The summed E-state index contributed by atoms with van der Waals surface area (Å²) in [7, 11) is 0. The van der Waals surface area contributed by atoms with Crippen LogP contribution in [0.3, 0.4) is 0 Å². The summed E-state index contributed by atoms with van der Waals surface area (Å²) in [6.07, 6.45) is 1.72. The maximum Gasteiger partial charge on any atom is 0.283 e. The van der Waals surface area contributed by atoms with Gasteiger partial charge in [0, 0.05) is 11.8 Å². The molecule has 0 spiro atoms. The van der Waals surface area contributed by atoms with Crippen LogP contribution in [0.4, 0.5) is 11.4 Å². The number of rotatable bonds is 3. The summed E-state index contributed by atoms with van der Waals surface area (Å²) in [5, 5.41) is 24.0. The summed E-state index contributed by atoms with van der Waals surface area (Å²) in [5.74, 6) is 0.335. The number of nitro groups is 1. The lowest BCUT2D eigenvalue weighted by atomic mass is 10.1. The molecule has 0 bridgehead atoms. The molecule has 5 nitrogen and oxygen atoms in total. The lowest BCUT2D eigenvalue weighted by Gasteiger charge is -2.16. The van der Waals surface area contributed by atoms with Gasteiger partial charge in [-0.2, -0.15) is 0 Å². The summed E-state index contributed by atoms with van der Waals surface area (Å²) >= 11 is 3.22. The predicted molar refractivity (Wildman–Crippen MR) is 83.6 cm³/mol. The number of fused-ring (bicyclic) bond motifs is 1. The van der Waals surface area contributed by atoms with Gasteiger partial charge in [0.25, 0.3) is 5.69 Å². The van der Waals surface area contributed by atoms with Crippen molar-refractivity contribution in [2.75, 3.05) is 5.32 Å². The molecular weight excluding hydrogens is 336 g/mol. The van der Waals surface area contributed by atoms with Gasteiger partial charge in [-0.25, -0.2) is 0 Å². The van der Waals surface area contributed by atoms with Crippen molar-refractivity contribution in [1.29, 1.82) is 0 Å². The first kappa shape index (κ1) is 13.9. The van der Waals surface area contributed by atoms with Gasteiger partial charge in [-0.05, 0) is 58.1 Å². The molecule has 0 saturated carbocycles. The van der Waals surface area contributed by atoms with Gasteiger partial charge in [0.2, 0.25) is 0 Å². The fourth-order valence-corrected chi connectivity index (χ4v) is 3.25. The monoisotopic (exact) mass is 348 g/mol. The summed E-state index contributed by atoms with van der Waals surface area (Å²) < 4.78 is 0.451. The van der Waals surface area contributed by atoms with Crippen molar-refractivity contribution in [3.8, 4) is 5.75 Å². The molecule has 0 aliphatic heterocycles. The average Bonchev–Trinajstić information content (AvgIpc) is 2.83. The molecule has 0 amide bonds. The van der Waals surface area contributed by atoms with Crippen molar-refractivity contribution in [3.05, 3.63) is 62.1 Å². The molecule has 3 rings (SSSR count). The van der Waals surface area contributed by atoms with Crippen LogP contribution < -0.4 is 5.32 Å². The van der Waals surface area contributed by atoms with Crippen LogP contribution in [0.2, 0.25) is 0 Å². The lowest BCUT2D eigenvalue weighted by molar-refractivity contribution is -0.385. The second kappa shape index (κ2) is 5.37. The molecule has 21 heavy (non-hydrogen) atoms. The Kier molecular flexibility index (Phi) is 3.55. The topological polar surface area (TPSA) is 75.4 Å². The van der Waals surface area contributed by atoms with Crippen LogP contribution in [0, 0.1) is 10.1 Å². The van der Waals surface area contributed by atoms with Crippen LogP contribution >= 0.6 is 15.9 Å². The van der Waals surface area contributed by atoms with E-state index < -0.39 is 4.92 Å². The number of anilines is 1. The Labute approximate surface area is 129 Å².